The van der Waals surface area contributed by atoms with Crippen LogP contribution in [-0.4, -0.2) is 73.8 Å². The molecular weight excluding hydrogens is 611 g/mol. The predicted octanol–water partition coefficient (Wildman–Crippen LogP) is 4.33. The average Bonchev–Trinajstić information content (AvgIpc) is 3.55. The van der Waals surface area contributed by atoms with E-state index >= 15 is 4.39 Å². The van der Waals surface area contributed by atoms with Crippen molar-refractivity contribution in [2.45, 2.75) is 59.7 Å². The number of aliphatic hydroxyl groups is 1. The van der Waals surface area contributed by atoms with E-state index in [2.05, 4.69) is 57.3 Å². The molecule has 1 aliphatic carbocycles. The van der Waals surface area contributed by atoms with Gasteiger partial charge in [0.15, 0.2) is 5.82 Å². The van der Waals surface area contributed by atoms with Crippen molar-refractivity contribution in [3.8, 4) is 11.3 Å². The maximum absolute atomic E-state index is 15.4. The Bertz CT molecular complexity index is 1940. The first kappa shape index (κ1) is 32.0. The molecule has 0 bridgehead atoms. The smallest absolute Gasteiger partial charge is 0.293 e. The molecule has 0 unspecified atom stereocenters. The Kier molecular flexibility index (Phi) is 8.11. The summed E-state index contributed by atoms with van der Waals surface area (Å²) in [4.78, 5) is 42.5. The Morgan fingerprint density at radius 2 is 1.79 bits per heavy atom. The normalized spacial score (nSPS) is 17.6. The van der Waals surface area contributed by atoms with E-state index in [0.29, 0.717) is 47.5 Å². The van der Waals surface area contributed by atoms with E-state index < -0.39 is 12.4 Å². The summed E-state index contributed by atoms with van der Waals surface area (Å²) in [5, 5.41) is 13.7. The highest BCUT2D eigenvalue weighted by Crippen LogP contribution is 2.40. The minimum Gasteiger partial charge on any atom is -0.392 e. The van der Waals surface area contributed by atoms with Crippen molar-refractivity contribution in [1.29, 1.82) is 0 Å². The number of rotatable bonds is 7. The highest BCUT2D eigenvalue weighted by molar-refractivity contribution is 6.07. The third-order valence-corrected chi connectivity index (χ3v) is 10.0. The highest BCUT2D eigenvalue weighted by atomic mass is 19.1. The van der Waals surface area contributed by atoms with Gasteiger partial charge < -0.3 is 29.4 Å². The molecule has 252 valence electrons. The first-order valence-electron chi connectivity index (χ1n) is 16.7. The molecule has 2 N–H and O–H groups in total. The van der Waals surface area contributed by atoms with Crippen molar-refractivity contribution in [3.05, 3.63) is 81.4 Å². The van der Waals surface area contributed by atoms with Gasteiger partial charge in [0.05, 0.1) is 29.9 Å². The van der Waals surface area contributed by atoms with Gasteiger partial charge in [-0.05, 0) is 68.0 Å². The lowest BCUT2D eigenvalue weighted by Crippen LogP contribution is -2.48. The Morgan fingerprint density at radius 3 is 2.48 bits per heavy atom. The Balaban J connectivity index is 1.16. The summed E-state index contributed by atoms with van der Waals surface area (Å²) in [6.45, 7) is 13.1. The number of aryl methyl sites for hydroxylation is 1. The van der Waals surface area contributed by atoms with E-state index in [0.717, 1.165) is 44.7 Å². The summed E-state index contributed by atoms with van der Waals surface area (Å²) in [6, 6.07) is 8.84. The van der Waals surface area contributed by atoms with Crippen molar-refractivity contribution in [3.63, 3.8) is 0 Å². The quantitative estimate of drug-likeness (QED) is 0.303. The SMILES string of the molecule is CC(C)N1CCN(c2ccc(Nc3nc(-c4cc(F)cc(N5CCn6c(cc7c6CC(C)(C)C7)C5=O)c4CO)cn(C)c3=O)nc2)CC1. The van der Waals surface area contributed by atoms with Crippen LogP contribution < -0.4 is 20.7 Å². The number of anilines is 4. The second-order valence-electron chi connectivity index (χ2n) is 14.3. The van der Waals surface area contributed by atoms with Crippen LogP contribution in [0.15, 0.2) is 47.5 Å². The van der Waals surface area contributed by atoms with E-state index in [1.54, 1.807) is 18.1 Å². The lowest BCUT2D eigenvalue weighted by Gasteiger charge is -2.38. The van der Waals surface area contributed by atoms with Gasteiger partial charge in [0.25, 0.3) is 11.5 Å². The summed E-state index contributed by atoms with van der Waals surface area (Å²) < 4.78 is 18.8. The van der Waals surface area contributed by atoms with Gasteiger partial charge in [-0.3, -0.25) is 14.5 Å². The molecule has 12 heteroatoms. The highest BCUT2D eigenvalue weighted by Gasteiger charge is 2.37. The molecular formula is C36H43FN8O3. The molecule has 1 saturated heterocycles. The molecule has 1 fully saturated rings. The van der Waals surface area contributed by atoms with E-state index in [1.165, 1.54) is 34.2 Å². The summed E-state index contributed by atoms with van der Waals surface area (Å²) in [5.74, 6) is -0.348. The van der Waals surface area contributed by atoms with Gasteiger partial charge >= 0.3 is 0 Å². The zero-order valence-electron chi connectivity index (χ0n) is 28.3. The molecule has 4 aromatic rings. The first-order chi connectivity index (χ1) is 22.9. The third-order valence-electron chi connectivity index (χ3n) is 10.0. The second-order valence-corrected chi connectivity index (χ2v) is 14.3. The van der Waals surface area contributed by atoms with Crippen molar-refractivity contribution < 1.29 is 14.3 Å². The number of aromatic nitrogens is 4. The lowest BCUT2D eigenvalue weighted by molar-refractivity contribution is 0.0963. The number of hydrogen-bond donors (Lipinski definition) is 2. The third kappa shape index (κ3) is 5.77. The van der Waals surface area contributed by atoms with E-state index in [9.17, 15) is 14.7 Å². The molecule has 1 aromatic carbocycles. The number of carbonyl (C=O) groups is 1. The number of halogens is 1. The predicted molar refractivity (Wildman–Crippen MR) is 185 cm³/mol. The number of amides is 1. The Labute approximate surface area is 279 Å². The van der Waals surface area contributed by atoms with Crippen molar-refractivity contribution >= 4 is 28.9 Å². The fourth-order valence-corrected chi connectivity index (χ4v) is 7.48. The minimum absolute atomic E-state index is 0.0137. The number of nitrogens with zero attached hydrogens (tertiary/aromatic N) is 7. The summed E-state index contributed by atoms with van der Waals surface area (Å²) in [5.41, 5.74) is 4.98. The molecule has 1 amide bonds. The number of aliphatic hydroxyl groups excluding tert-OH is 1. The number of pyridine rings is 1. The van der Waals surface area contributed by atoms with Crippen LogP contribution in [0, 0.1) is 11.2 Å². The number of nitrogens with one attached hydrogen (secondary N) is 1. The Hall–Kier alpha value is -4.55. The molecule has 0 atom stereocenters. The van der Waals surface area contributed by atoms with Crippen molar-refractivity contribution in [2.24, 2.45) is 12.5 Å². The number of fused-ring (bicyclic) bond motifs is 3. The van der Waals surface area contributed by atoms with Crippen LogP contribution in [0.3, 0.4) is 0 Å². The average molecular weight is 655 g/mol. The van der Waals surface area contributed by atoms with Crippen LogP contribution in [-0.2, 0) is 33.0 Å². The second kappa shape index (κ2) is 12.2. The molecule has 3 aromatic heterocycles. The van der Waals surface area contributed by atoms with Gasteiger partial charge in [0, 0.05) is 75.4 Å². The maximum atomic E-state index is 15.4. The molecule has 48 heavy (non-hydrogen) atoms. The van der Waals surface area contributed by atoms with Crippen molar-refractivity contribution in [1.82, 2.24) is 24.0 Å². The zero-order valence-corrected chi connectivity index (χ0v) is 28.3. The van der Waals surface area contributed by atoms with E-state index in [-0.39, 0.29) is 28.4 Å². The van der Waals surface area contributed by atoms with Gasteiger partial charge in [-0.25, -0.2) is 14.4 Å². The van der Waals surface area contributed by atoms with Crippen LogP contribution in [0.4, 0.5) is 27.4 Å². The van der Waals surface area contributed by atoms with Gasteiger partial charge in [-0.2, -0.15) is 0 Å². The van der Waals surface area contributed by atoms with Crippen LogP contribution >= 0.6 is 0 Å². The number of carbonyl (C=O) groups excluding carboxylic acids is 1. The van der Waals surface area contributed by atoms with Crippen LogP contribution in [0.5, 0.6) is 0 Å². The van der Waals surface area contributed by atoms with Gasteiger partial charge in [0.1, 0.15) is 17.3 Å². The standard InChI is InChI=1S/C36H43FN8O3/c1-22(2)42-8-10-43(11-9-42)25-6-7-32(38-19-25)40-33-35(48)41(5)20-28(39-33)26-15-24(37)16-29(27(26)21-46)45-13-12-44-30(34(45)47)14-23-17-36(3,4)18-31(23)44/h6-7,14-16,19-20,22,46H,8-13,17-18,21H2,1-5H3,(H,38,39,40). The van der Waals surface area contributed by atoms with Gasteiger partial charge in [-0.1, -0.05) is 13.8 Å². The molecule has 2 aliphatic heterocycles. The number of benzene rings is 1. The number of hydrogen-bond acceptors (Lipinski definition) is 8. The summed E-state index contributed by atoms with van der Waals surface area (Å²) in [6.07, 6.45) is 5.11. The topological polar surface area (TPSA) is 112 Å². The Morgan fingerprint density at radius 1 is 1.02 bits per heavy atom. The van der Waals surface area contributed by atoms with Crippen LogP contribution in [0.2, 0.25) is 0 Å². The zero-order chi connectivity index (χ0) is 33.9. The molecule has 11 nitrogen and oxygen atoms in total. The summed E-state index contributed by atoms with van der Waals surface area (Å²) in [7, 11) is 1.59. The molecule has 0 saturated carbocycles. The first-order valence-corrected chi connectivity index (χ1v) is 16.7. The number of piperazine rings is 1. The molecule has 5 heterocycles. The molecule has 7 rings (SSSR count). The van der Waals surface area contributed by atoms with Gasteiger partial charge in [-0.15, -0.1) is 0 Å². The van der Waals surface area contributed by atoms with Crippen LogP contribution in [0.25, 0.3) is 11.3 Å². The molecule has 3 aliphatic rings. The maximum Gasteiger partial charge on any atom is 0.293 e. The van der Waals surface area contributed by atoms with E-state index in [4.69, 9.17) is 0 Å². The monoisotopic (exact) mass is 654 g/mol. The summed E-state index contributed by atoms with van der Waals surface area (Å²) >= 11 is 0. The minimum atomic E-state index is -0.577. The fourth-order valence-electron chi connectivity index (χ4n) is 7.48. The fraction of sp³-hybridized carbons (Fsp3) is 0.444. The largest absolute Gasteiger partial charge is 0.392 e. The lowest BCUT2D eigenvalue weighted by atomic mass is 9.90. The molecule has 0 spiro atoms. The molecule has 0 radical (unpaired) electrons. The van der Waals surface area contributed by atoms with Crippen LogP contribution in [0.1, 0.15) is 55.0 Å². The van der Waals surface area contributed by atoms with E-state index in [1.807, 2.05) is 18.2 Å². The van der Waals surface area contributed by atoms with Gasteiger partial charge in [0.2, 0.25) is 0 Å². The van der Waals surface area contributed by atoms with Crippen molar-refractivity contribution in [2.75, 3.05) is 47.8 Å².